The molecule has 1 aromatic carbocycles. The van der Waals surface area contributed by atoms with Crippen molar-refractivity contribution in [3.8, 4) is 0 Å². The van der Waals surface area contributed by atoms with Crippen LogP contribution in [0.2, 0.25) is 0 Å². The van der Waals surface area contributed by atoms with E-state index >= 15 is 0 Å². The molecule has 4 amide bonds. The minimum atomic E-state index is -0.604. The normalized spacial score (nSPS) is 22.6. The highest BCUT2D eigenvalue weighted by atomic mass is 16.2. The SMILES string of the molecule is CN1CC[C@H](CNC(=O)CC[C@@H]2NC(=O)NC2=O)c2ccccc21. The number of carbonyl (C=O) groups is 3. The lowest BCUT2D eigenvalue weighted by Gasteiger charge is -2.33. The topological polar surface area (TPSA) is 90.5 Å². The summed E-state index contributed by atoms with van der Waals surface area (Å²) in [5, 5.41) is 7.62. The van der Waals surface area contributed by atoms with E-state index in [9.17, 15) is 14.4 Å². The van der Waals surface area contributed by atoms with Gasteiger partial charge in [0.2, 0.25) is 5.91 Å². The van der Waals surface area contributed by atoms with Crippen LogP contribution in [-0.2, 0) is 9.59 Å². The zero-order chi connectivity index (χ0) is 17.1. The Morgan fingerprint density at radius 1 is 1.33 bits per heavy atom. The van der Waals surface area contributed by atoms with Gasteiger partial charge in [0.25, 0.3) is 5.91 Å². The number of anilines is 1. The number of hydrogen-bond donors (Lipinski definition) is 3. The molecule has 1 aromatic rings. The first-order valence-electron chi connectivity index (χ1n) is 8.22. The highest BCUT2D eigenvalue weighted by molar-refractivity contribution is 6.04. The van der Waals surface area contributed by atoms with Crippen LogP contribution in [0.3, 0.4) is 0 Å². The van der Waals surface area contributed by atoms with Crippen LogP contribution in [0, 0.1) is 0 Å². The van der Waals surface area contributed by atoms with Crippen LogP contribution < -0.4 is 20.9 Å². The van der Waals surface area contributed by atoms with Crippen molar-refractivity contribution >= 4 is 23.5 Å². The van der Waals surface area contributed by atoms with E-state index in [1.807, 2.05) is 12.1 Å². The van der Waals surface area contributed by atoms with Crippen LogP contribution in [0.5, 0.6) is 0 Å². The average molecular weight is 330 g/mol. The Bertz CT molecular complexity index is 661. The Labute approximate surface area is 140 Å². The van der Waals surface area contributed by atoms with Gasteiger partial charge in [0.1, 0.15) is 6.04 Å². The van der Waals surface area contributed by atoms with E-state index in [0.29, 0.717) is 18.9 Å². The van der Waals surface area contributed by atoms with Gasteiger partial charge in [-0.3, -0.25) is 14.9 Å². The fourth-order valence-electron chi connectivity index (χ4n) is 3.28. The third kappa shape index (κ3) is 3.50. The number of amides is 4. The Morgan fingerprint density at radius 2 is 2.12 bits per heavy atom. The second-order valence-corrected chi connectivity index (χ2v) is 6.32. The summed E-state index contributed by atoms with van der Waals surface area (Å²) < 4.78 is 0. The summed E-state index contributed by atoms with van der Waals surface area (Å²) in [5.41, 5.74) is 2.47. The van der Waals surface area contributed by atoms with Crippen molar-refractivity contribution in [2.24, 2.45) is 0 Å². The van der Waals surface area contributed by atoms with Crippen molar-refractivity contribution in [1.29, 1.82) is 0 Å². The van der Waals surface area contributed by atoms with Crippen LogP contribution in [0.25, 0.3) is 0 Å². The second-order valence-electron chi connectivity index (χ2n) is 6.32. The molecule has 7 nitrogen and oxygen atoms in total. The van der Waals surface area contributed by atoms with E-state index in [2.05, 4.69) is 40.0 Å². The summed E-state index contributed by atoms with van der Waals surface area (Å²) in [4.78, 5) is 36.7. The zero-order valence-electron chi connectivity index (χ0n) is 13.7. The average Bonchev–Trinajstić information content (AvgIpc) is 2.90. The van der Waals surface area contributed by atoms with Gasteiger partial charge >= 0.3 is 6.03 Å². The Morgan fingerprint density at radius 3 is 2.88 bits per heavy atom. The first-order valence-corrected chi connectivity index (χ1v) is 8.22. The van der Waals surface area contributed by atoms with E-state index in [4.69, 9.17) is 0 Å². The summed E-state index contributed by atoms with van der Waals surface area (Å²) in [5.74, 6) is -0.159. The number of nitrogens with zero attached hydrogens (tertiary/aromatic N) is 1. The van der Waals surface area contributed by atoms with E-state index in [-0.39, 0.29) is 18.2 Å². The minimum absolute atomic E-state index is 0.0969. The van der Waals surface area contributed by atoms with E-state index in [1.54, 1.807) is 0 Å². The number of nitrogens with one attached hydrogen (secondary N) is 3. The maximum Gasteiger partial charge on any atom is 0.322 e. The summed E-state index contributed by atoms with van der Waals surface area (Å²) in [6, 6.07) is 7.16. The number of hydrogen-bond acceptors (Lipinski definition) is 4. The Balaban J connectivity index is 1.49. The van der Waals surface area contributed by atoms with Crippen LogP contribution >= 0.6 is 0 Å². The van der Waals surface area contributed by atoms with Gasteiger partial charge in [-0.25, -0.2) is 4.79 Å². The van der Waals surface area contributed by atoms with Crippen LogP contribution in [0.1, 0.15) is 30.7 Å². The molecular formula is C17H22N4O3. The fourth-order valence-corrected chi connectivity index (χ4v) is 3.28. The molecule has 0 unspecified atom stereocenters. The van der Waals surface area contributed by atoms with Crippen molar-refractivity contribution < 1.29 is 14.4 Å². The number of urea groups is 1. The number of carbonyl (C=O) groups excluding carboxylic acids is 3. The smallest absolute Gasteiger partial charge is 0.322 e. The molecule has 0 radical (unpaired) electrons. The zero-order valence-corrected chi connectivity index (χ0v) is 13.7. The Kier molecular flexibility index (Phi) is 4.69. The van der Waals surface area contributed by atoms with Crippen molar-refractivity contribution in [3.63, 3.8) is 0 Å². The molecule has 128 valence electrons. The number of para-hydroxylation sites is 1. The fraction of sp³-hybridized carbons (Fsp3) is 0.471. The molecule has 3 rings (SSSR count). The Hall–Kier alpha value is -2.57. The largest absolute Gasteiger partial charge is 0.374 e. The van der Waals surface area contributed by atoms with Gasteiger partial charge in [-0.2, -0.15) is 0 Å². The molecule has 24 heavy (non-hydrogen) atoms. The maximum absolute atomic E-state index is 12.0. The van der Waals surface area contributed by atoms with Crippen LogP contribution in [0.4, 0.5) is 10.5 Å². The predicted octanol–water partition coefficient (Wildman–Crippen LogP) is 0.715. The van der Waals surface area contributed by atoms with Crippen LogP contribution in [0.15, 0.2) is 24.3 Å². The van der Waals surface area contributed by atoms with E-state index < -0.39 is 12.1 Å². The lowest BCUT2D eigenvalue weighted by atomic mass is 9.90. The van der Waals surface area contributed by atoms with Crippen molar-refractivity contribution in [2.45, 2.75) is 31.2 Å². The maximum atomic E-state index is 12.0. The molecule has 0 bridgehead atoms. The third-order valence-corrected chi connectivity index (χ3v) is 4.67. The molecule has 7 heteroatoms. The van der Waals surface area contributed by atoms with Crippen molar-refractivity contribution in [2.75, 3.05) is 25.0 Å². The van der Waals surface area contributed by atoms with E-state index in [0.717, 1.165) is 13.0 Å². The number of benzene rings is 1. The monoisotopic (exact) mass is 330 g/mol. The van der Waals surface area contributed by atoms with Gasteiger partial charge < -0.3 is 15.5 Å². The van der Waals surface area contributed by atoms with Gasteiger partial charge in [0.05, 0.1) is 0 Å². The quantitative estimate of drug-likeness (QED) is 0.694. The molecule has 2 heterocycles. The lowest BCUT2D eigenvalue weighted by Crippen LogP contribution is -2.35. The summed E-state index contributed by atoms with van der Waals surface area (Å²) >= 11 is 0. The second kappa shape index (κ2) is 6.90. The van der Waals surface area contributed by atoms with Crippen molar-refractivity contribution in [1.82, 2.24) is 16.0 Å². The third-order valence-electron chi connectivity index (χ3n) is 4.67. The number of fused-ring (bicyclic) bond motifs is 1. The molecule has 2 aliphatic heterocycles. The van der Waals surface area contributed by atoms with E-state index in [1.165, 1.54) is 11.3 Å². The molecule has 1 fully saturated rings. The first-order chi connectivity index (χ1) is 11.5. The summed E-state index contributed by atoms with van der Waals surface area (Å²) in [6.07, 6.45) is 1.52. The summed E-state index contributed by atoms with van der Waals surface area (Å²) in [7, 11) is 2.08. The van der Waals surface area contributed by atoms with Gasteiger partial charge in [-0.15, -0.1) is 0 Å². The standard InChI is InChI=1S/C17H22N4O3/c1-21-9-8-11(12-4-2-3-5-14(12)21)10-18-15(22)7-6-13-16(23)20-17(24)19-13/h2-5,11,13H,6-10H2,1H3,(H,18,22)(H2,19,20,23,24)/t11-,13+/m1/s1. The molecule has 3 N–H and O–H groups in total. The molecule has 0 spiro atoms. The highest BCUT2D eigenvalue weighted by Crippen LogP contribution is 2.33. The van der Waals surface area contributed by atoms with Gasteiger partial charge in [0, 0.05) is 38.2 Å². The van der Waals surface area contributed by atoms with Crippen molar-refractivity contribution in [3.05, 3.63) is 29.8 Å². The predicted molar refractivity (Wildman–Crippen MR) is 89.8 cm³/mol. The summed E-state index contributed by atoms with van der Waals surface area (Å²) in [6.45, 7) is 1.55. The van der Waals surface area contributed by atoms with Gasteiger partial charge in [-0.1, -0.05) is 18.2 Å². The lowest BCUT2D eigenvalue weighted by molar-refractivity contribution is -0.122. The van der Waals surface area contributed by atoms with Gasteiger partial charge in [0.15, 0.2) is 0 Å². The molecule has 1 saturated heterocycles. The molecule has 0 saturated carbocycles. The highest BCUT2D eigenvalue weighted by Gasteiger charge is 2.29. The number of imide groups is 1. The first kappa shape index (κ1) is 16.3. The molecule has 0 aliphatic carbocycles. The molecular weight excluding hydrogens is 308 g/mol. The molecule has 0 aromatic heterocycles. The number of rotatable bonds is 5. The molecule has 2 aliphatic rings. The van der Waals surface area contributed by atoms with Crippen LogP contribution in [-0.4, -0.2) is 44.0 Å². The molecule has 2 atom stereocenters. The van der Waals surface area contributed by atoms with Gasteiger partial charge in [-0.05, 0) is 24.5 Å². The minimum Gasteiger partial charge on any atom is -0.374 e.